The molecule has 192 valence electrons. The largest absolute Gasteiger partial charge is 0.573 e. The predicted molar refractivity (Wildman–Crippen MR) is 126 cm³/mol. The predicted octanol–water partition coefficient (Wildman–Crippen LogP) is 5.32. The van der Waals surface area contributed by atoms with Gasteiger partial charge in [0.1, 0.15) is 18.1 Å². The van der Waals surface area contributed by atoms with Crippen molar-refractivity contribution in [1.29, 1.82) is 5.26 Å². The van der Waals surface area contributed by atoms with Gasteiger partial charge < -0.3 is 10.1 Å². The number of ether oxygens (including phenoxy) is 1. The minimum Gasteiger partial charge on any atom is -0.406 e. The number of nitrogens with one attached hydrogen (secondary N) is 1. The van der Waals surface area contributed by atoms with E-state index < -0.39 is 35.1 Å². The van der Waals surface area contributed by atoms with E-state index in [2.05, 4.69) is 20.0 Å². The molecule has 0 aliphatic carbocycles. The summed E-state index contributed by atoms with van der Waals surface area (Å²) in [6.45, 7) is 1.24. The number of carbonyl (C=O) groups excluding carboxylic acids is 2. The molecule has 3 aromatic rings. The Bertz CT molecular complexity index is 1330. The van der Waals surface area contributed by atoms with Crippen molar-refractivity contribution in [3.63, 3.8) is 0 Å². The lowest BCUT2D eigenvalue weighted by atomic mass is 9.89. The van der Waals surface area contributed by atoms with Crippen LogP contribution in [0.4, 0.5) is 28.9 Å². The van der Waals surface area contributed by atoms with Gasteiger partial charge in [-0.1, -0.05) is 23.2 Å². The Morgan fingerprint density at radius 3 is 2.30 bits per heavy atom. The van der Waals surface area contributed by atoms with E-state index in [1.807, 2.05) is 6.07 Å². The maximum Gasteiger partial charge on any atom is 0.573 e. The van der Waals surface area contributed by atoms with Gasteiger partial charge in [-0.3, -0.25) is 14.5 Å². The fourth-order valence-electron chi connectivity index (χ4n) is 3.35. The number of hydrogen-bond donors (Lipinski definition) is 1. The third-order valence-electron chi connectivity index (χ3n) is 5.09. The molecule has 8 nitrogen and oxygen atoms in total. The second-order valence-corrected chi connectivity index (χ2v) is 8.27. The number of benzene rings is 2. The smallest absolute Gasteiger partial charge is 0.406 e. The molecule has 0 fully saturated rings. The molecule has 1 N–H and O–H groups in total. The second kappa shape index (κ2) is 11.0. The highest BCUT2D eigenvalue weighted by Crippen LogP contribution is 2.37. The van der Waals surface area contributed by atoms with Gasteiger partial charge in [0.15, 0.2) is 5.54 Å². The van der Waals surface area contributed by atoms with Crippen molar-refractivity contribution in [3.05, 3.63) is 77.3 Å². The van der Waals surface area contributed by atoms with Crippen LogP contribution in [0.15, 0.2) is 61.2 Å². The summed E-state index contributed by atoms with van der Waals surface area (Å²) in [5.74, 6) is -2.94. The van der Waals surface area contributed by atoms with Crippen LogP contribution in [0.25, 0.3) is 0 Å². The molecule has 1 aromatic heterocycles. The number of hydrogen-bond acceptors (Lipinski definition) is 6. The molecule has 0 saturated heterocycles. The SMILES string of the molecule is C[C@@](C(=O)Nc1ccc(Cl)c(C#N)c1)(c1cncnc1)N(C(=O)[C@H](F)Cl)c1ccc(OC(F)(F)F)cc1. The van der Waals surface area contributed by atoms with Gasteiger partial charge in [-0.2, -0.15) is 5.26 Å². The van der Waals surface area contributed by atoms with Crippen LogP contribution in [-0.4, -0.2) is 33.8 Å². The van der Waals surface area contributed by atoms with Gasteiger partial charge in [0, 0.05) is 29.3 Å². The quantitative estimate of drug-likeness (QED) is 0.312. The Morgan fingerprint density at radius 1 is 1.14 bits per heavy atom. The van der Waals surface area contributed by atoms with Crippen LogP contribution >= 0.6 is 23.2 Å². The van der Waals surface area contributed by atoms with E-state index in [1.54, 1.807) is 0 Å². The molecule has 0 saturated carbocycles. The summed E-state index contributed by atoms with van der Waals surface area (Å²) in [6, 6.07) is 9.67. The number of carbonyl (C=O) groups is 2. The van der Waals surface area contributed by atoms with Crippen molar-refractivity contribution >= 4 is 46.4 Å². The van der Waals surface area contributed by atoms with Gasteiger partial charge in [-0.15, -0.1) is 13.2 Å². The number of rotatable bonds is 7. The Labute approximate surface area is 217 Å². The molecule has 2 amide bonds. The molecule has 2 atom stereocenters. The Kier molecular flexibility index (Phi) is 8.20. The summed E-state index contributed by atoms with van der Waals surface area (Å²) in [5, 5.41) is 11.9. The average Bonchev–Trinajstić information content (AvgIpc) is 2.85. The fraction of sp³-hybridized carbons (Fsp3) is 0.174. The zero-order chi connectivity index (χ0) is 27.4. The number of nitriles is 1. The van der Waals surface area contributed by atoms with Crippen LogP contribution in [0.2, 0.25) is 5.02 Å². The number of alkyl halides is 5. The van der Waals surface area contributed by atoms with Gasteiger partial charge in [-0.25, -0.2) is 14.4 Å². The van der Waals surface area contributed by atoms with Gasteiger partial charge >= 0.3 is 6.36 Å². The lowest BCUT2D eigenvalue weighted by molar-refractivity contribution is -0.274. The number of nitrogens with zero attached hydrogens (tertiary/aromatic N) is 4. The minimum absolute atomic E-state index is 0.00301. The van der Waals surface area contributed by atoms with E-state index in [4.69, 9.17) is 23.2 Å². The van der Waals surface area contributed by atoms with Crippen molar-refractivity contribution < 1.29 is 31.9 Å². The van der Waals surface area contributed by atoms with Crippen molar-refractivity contribution in [3.8, 4) is 11.8 Å². The summed E-state index contributed by atoms with van der Waals surface area (Å²) >= 11 is 11.4. The average molecular weight is 556 g/mol. The molecule has 0 aliphatic heterocycles. The molecule has 1 heterocycles. The monoisotopic (exact) mass is 555 g/mol. The number of anilines is 2. The first-order valence-electron chi connectivity index (χ1n) is 10.1. The molecule has 0 unspecified atom stereocenters. The first-order valence-corrected chi connectivity index (χ1v) is 10.9. The lowest BCUT2D eigenvalue weighted by Gasteiger charge is -2.40. The summed E-state index contributed by atoms with van der Waals surface area (Å²) in [7, 11) is 0. The van der Waals surface area contributed by atoms with E-state index >= 15 is 0 Å². The molecule has 0 spiro atoms. The lowest BCUT2D eigenvalue weighted by Crippen LogP contribution is -2.56. The van der Waals surface area contributed by atoms with Gasteiger partial charge in [0.25, 0.3) is 17.4 Å². The van der Waals surface area contributed by atoms with Crippen LogP contribution in [0.3, 0.4) is 0 Å². The standard InChI is InChI=1S/C23H15Cl2F4N5O3/c1-22(14-10-31-12-32-11-14,21(36)33-15-2-7-18(24)13(8-15)9-30)34(20(35)19(25)26)16-3-5-17(6-4-16)37-23(27,28)29/h2-8,10-12,19H,1H3,(H,33,36)/t19-,22-/m0/s1. The van der Waals surface area contributed by atoms with Gasteiger partial charge in [0.05, 0.1) is 10.6 Å². The zero-order valence-electron chi connectivity index (χ0n) is 18.6. The molecule has 2 aromatic carbocycles. The number of aromatic nitrogens is 2. The topological polar surface area (TPSA) is 108 Å². The summed E-state index contributed by atoms with van der Waals surface area (Å²) in [6.07, 6.45) is -1.45. The molecule has 14 heteroatoms. The fourth-order valence-corrected chi connectivity index (χ4v) is 3.61. The van der Waals surface area contributed by atoms with Crippen LogP contribution in [0.5, 0.6) is 5.75 Å². The van der Waals surface area contributed by atoms with Crippen molar-refractivity contribution in [1.82, 2.24) is 9.97 Å². The van der Waals surface area contributed by atoms with Crippen molar-refractivity contribution in [2.24, 2.45) is 0 Å². The zero-order valence-corrected chi connectivity index (χ0v) is 20.1. The minimum atomic E-state index is -4.98. The molecule has 37 heavy (non-hydrogen) atoms. The van der Waals surface area contributed by atoms with Gasteiger partial charge in [-0.05, 0) is 49.4 Å². The molecule has 0 aliphatic rings. The number of amides is 2. The van der Waals surface area contributed by atoms with Gasteiger partial charge in [0.2, 0.25) is 0 Å². The van der Waals surface area contributed by atoms with E-state index in [1.165, 1.54) is 37.5 Å². The van der Waals surface area contributed by atoms with E-state index in [0.29, 0.717) is 4.90 Å². The van der Waals surface area contributed by atoms with Crippen LogP contribution in [-0.2, 0) is 15.1 Å². The first-order chi connectivity index (χ1) is 17.4. The van der Waals surface area contributed by atoms with E-state index in [0.717, 1.165) is 30.6 Å². The molecule has 0 radical (unpaired) electrons. The number of halogens is 6. The molecular weight excluding hydrogens is 541 g/mol. The maximum atomic E-state index is 14.2. The molecule has 3 rings (SSSR count). The van der Waals surface area contributed by atoms with E-state index in [9.17, 15) is 32.4 Å². The highest BCUT2D eigenvalue weighted by Gasteiger charge is 2.47. The molecule has 0 bridgehead atoms. The Hall–Kier alpha value is -3.95. The van der Waals surface area contributed by atoms with E-state index in [-0.39, 0.29) is 27.5 Å². The summed E-state index contributed by atoms with van der Waals surface area (Å²) in [5.41, 5.74) is -4.78. The molecular formula is C23H15Cl2F4N5O3. The van der Waals surface area contributed by atoms with Crippen LogP contribution in [0, 0.1) is 11.3 Å². The van der Waals surface area contributed by atoms with Crippen molar-refractivity contribution in [2.75, 3.05) is 10.2 Å². The second-order valence-electron chi connectivity index (χ2n) is 7.48. The summed E-state index contributed by atoms with van der Waals surface area (Å²) in [4.78, 5) is 35.1. The Balaban J connectivity index is 2.15. The maximum absolute atomic E-state index is 14.2. The van der Waals surface area contributed by atoms with Crippen LogP contribution in [0.1, 0.15) is 18.1 Å². The highest BCUT2D eigenvalue weighted by atomic mass is 35.5. The third kappa shape index (κ3) is 6.25. The van der Waals surface area contributed by atoms with Crippen molar-refractivity contribution in [2.45, 2.75) is 24.5 Å². The first kappa shape index (κ1) is 27.6. The van der Waals surface area contributed by atoms with Crippen LogP contribution < -0.4 is 15.0 Å². The normalized spacial score (nSPS) is 13.6. The Morgan fingerprint density at radius 2 is 1.76 bits per heavy atom. The summed E-state index contributed by atoms with van der Waals surface area (Å²) < 4.78 is 55.8. The third-order valence-corrected chi connectivity index (χ3v) is 5.61. The highest BCUT2D eigenvalue weighted by molar-refractivity contribution is 6.32.